The molecule has 0 fully saturated rings. The smallest absolute Gasteiger partial charge is 0.407 e. The topological polar surface area (TPSA) is 97.1 Å². The number of aromatic nitrogens is 2. The van der Waals surface area contributed by atoms with Gasteiger partial charge in [0.15, 0.2) is 0 Å². The largest absolute Gasteiger partial charge is 0.490 e. The molecule has 0 saturated carbocycles. The molecule has 1 aromatic carbocycles. The van der Waals surface area contributed by atoms with Crippen molar-refractivity contribution < 1.29 is 14.3 Å². The van der Waals surface area contributed by atoms with E-state index in [1.807, 2.05) is 39.8 Å². The second-order valence-corrected chi connectivity index (χ2v) is 8.69. The minimum atomic E-state index is -0.572. The molecule has 160 valence electrons. The van der Waals surface area contributed by atoms with Crippen LogP contribution in [0.2, 0.25) is 0 Å². The zero-order valence-corrected chi connectivity index (χ0v) is 18.5. The Bertz CT molecular complexity index is 913. The molecule has 0 bridgehead atoms. The van der Waals surface area contributed by atoms with Crippen molar-refractivity contribution in [3.63, 3.8) is 0 Å². The Kier molecular flexibility index (Phi) is 7.76. The quantitative estimate of drug-likeness (QED) is 0.714. The number of nitrogens with one attached hydrogen (secondary N) is 1. The van der Waals surface area contributed by atoms with E-state index in [9.17, 15) is 10.1 Å². The fraction of sp³-hybridized carbons (Fsp3) is 0.478. The Labute approximate surface area is 178 Å². The average molecular weight is 411 g/mol. The lowest BCUT2D eigenvalue weighted by molar-refractivity contribution is 0.0480. The van der Waals surface area contributed by atoms with E-state index in [2.05, 4.69) is 35.4 Å². The molecule has 0 spiro atoms. The van der Waals surface area contributed by atoms with Crippen LogP contribution in [-0.2, 0) is 4.74 Å². The van der Waals surface area contributed by atoms with Gasteiger partial charge in [-0.15, -0.1) is 0 Å². The van der Waals surface area contributed by atoms with Crippen LogP contribution in [0.4, 0.5) is 4.79 Å². The molecule has 0 aliphatic carbocycles. The van der Waals surface area contributed by atoms with Gasteiger partial charge in [0.05, 0.1) is 23.5 Å². The second-order valence-electron chi connectivity index (χ2n) is 8.69. The van der Waals surface area contributed by atoms with Crippen LogP contribution in [0.1, 0.15) is 52.3 Å². The van der Waals surface area contributed by atoms with Gasteiger partial charge in [0.25, 0.3) is 0 Å². The normalized spacial score (nSPS) is 12.2. The van der Waals surface area contributed by atoms with E-state index < -0.39 is 11.7 Å². The summed E-state index contributed by atoms with van der Waals surface area (Å²) in [6.45, 7) is 11.7. The zero-order valence-electron chi connectivity index (χ0n) is 18.5. The molecule has 0 saturated heterocycles. The molecule has 1 heterocycles. The van der Waals surface area contributed by atoms with Crippen molar-refractivity contribution in [2.24, 2.45) is 5.92 Å². The number of amides is 1. The number of hydrogen-bond donors (Lipinski definition) is 1. The van der Waals surface area contributed by atoms with Crippen molar-refractivity contribution in [2.75, 3.05) is 6.61 Å². The monoisotopic (exact) mass is 410 g/mol. The van der Waals surface area contributed by atoms with Crippen LogP contribution in [0, 0.1) is 24.2 Å². The van der Waals surface area contributed by atoms with Gasteiger partial charge in [0.2, 0.25) is 0 Å². The molecule has 30 heavy (non-hydrogen) atoms. The van der Waals surface area contributed by atoms with Crippen molar-refractivity contribution >= 4 is 6.09 Å². The van der Waals surface area contributed by atoms with E-state index >= 15 is 0 Å². The molecule has 1 unspecified atom stereocenters. The molecule has 1 atom stereocenters. The summed E-state index contributed by atoms with van der Waals surface area (Å²) in [7, 11) is 0. The van der Waals surface area contributed by atoms with Gasteiger partial charge in [-0.3, -0.25) is 0 Å². The molecule has 1 aromatic heterocycles. The number of aryl methyl sites for hydroxylation is 1. The summed E-state index contributed by atoms with van der Waals surface area (Å²) in [5.74, 6) is 0.827. The lowest BCUT2D eigenvalue weighted by atomic mass is 10.0. The number of ether oxygens (including phenoxy) is 2. The Hall–Kier alpha value is -3.14. The first kappa shape index (κ1) is 23.1. The van der Waals surface area contributed by atoms with Gasteiger partial charge < -0.3 is 14.8 Å². The fourth-order valence-electron chi connectivity index (χ4n) is 2.96. The van der Waals surface area contributed by atoms with Crippen LogP contribution >= 0.6 is 0 Å². The van der Waals surface area contributed by atoms with Crippen LogP contribution in [-0.4, -0.2) is 34.5 Å². The number of carbonyl (C=O) groups is 1. The highest BCUT2D eigenvalue weighted by atomic mass is 16.6. The third-order valence-electron chi connectivity index (χ3n) is 4.13. The van der Waals surface area contributed by atoms with Gasteiger partial charge >= 0.3 is 6.09 Å². The summed E-state index contributed by atoms with van der Waals surface area (Å²) in [6.07, 6.45) is 1.90. The molecule has 0 radical (unpaired) electrons. The predicted molar refractivity (Wildman–Crippen MR) is 115 cm³/mol. The maximum Gasteiger partial charge on any atom is 0.407 e. The highest BCUT2D eigenvalue weighted by molar-refractivity contribution is 5.68. The van der Waals surface area contributed by atoms with Gasteiger partial charge in [0, 0.05) is 5.56 Å². The molecule has 7 heteroatoms. The van der Waals surface area contributed by atoms with E-state index in [-0.39, 0.29) is 12.6 Å². The molecular weight excluding hydrogens is 380 g/mol. The van der Waals surface area contributed by atoms with Crippen molar-refractivity contribution in [3.8, 4) is 22.9 Å². The maximum absolute atomic E-state index is 12.2. The molecule has 2 rings (SSSR count). The Morgan fingerprint density at radius 3 is 2.57 bits per heavy atom. The van der Waals surface area contributed by atoms with Crippen molar-refractivity contribution in [3.05, 3.63) is 41.7 Å². The minimum absolute atomic E-state index is 0.237. The van der Waals surface area contributed by atoms with E-state index in [1.165, 1.54) is 0 Å². The molecule has 1 N–H and O–H groups in total. The summed E-state index contributed by atoms with van der Waals surface area (Å²) in [5.41, 5.74) is 2.40. The summed E-state index contributed by atoms with van der Waals surface area (Å²) < 4.78 is 11.3. The Balaban J connectivity index is 2.12. The number of nitriles is 1. The number of hydrogen-bond acceptors (Lipinski definition) is 6. The van der Waals surface area contributed by atoms with Crippen LogP contribution in [0.25, 0.3) is 11.1 Å². The van der Waals surface area contributed by atoms with Crippen LogP contribution < -0.4 is 10.1 Å². The van der Waals surface area contributed by atoms with E-state index in [1.54, 1.807) is 18.3 Å². The second kappa shape index (κ2) is 10.1. The minimum Gasteiger partial charge on any atom is -0.490 e. The number of rotatable bonds is 7. The lowest BCUT2D eigenvalue weighted by Gasteiger charge is -2.25. The third-order valence-corrected chi connectivity index (χ3v) is 4.13. The van der Waals surface area contributed by atoms with Crippen LogP contribution in [0.3, 0.4) is 0 Å². The summed E-state index contributed by atoms with van der Waals surface area (Å²) >= 11 is 0. The maximum atomic E-state index is 12.2. The lowest BCUT2D eigenvalue weighted by Crippen LogP contribution is -2.42. The van der Waals surface area contributed by atoms with Crippen molar-refractivity contribution in [2.45, 2.75) is 59.6 Å². The summed E-state index contributed by atoms with van der Waals surface area (Å²) in [4.78, 5) is 12.2. The molecule has 1 amide bonds. The van der Waals surface area contributed by atoms with Gasteiger partial charge in [0.1, 0.15) is 24.0 Å². The first-order chi connectivity index (χ1) is 14.1. The first-order valence-electron chi connectivity index (χ1n) is 10.0. The fourth-order valence-corrected chi connectivity index (χ4v) is 2.96. The predicted octanol–water partition coefficient (Wildman–Crippen LogP) is 4.64. The van der Waals surface area contributed by atoms with E-state index in [0.29, 0.717) is 17.2 Å². The van der Waals surface area contributed by atoms with Gasteiger partial charge in [-0.25, -0.2) is 4.79 Å². The SMILES string of the molecule is Cc1cc(-c2ccc(OCC(CC(C)C)NC(=O)OC(C)(C)C)c(C#N)c2)cnn1. The molecule has 0 aliphatic heterocycles. The van der Waals surface area contributed by atoms with Crippen LogP contribution in [0.15, 0.2) is 30.5 Å². The Morgan fingerprint density at radius 1 is 1.23 bits per heavy atom. The zero-order chi connectivity index (χ0) is 22.3. The highest BCUT2D eigenvalue weighted by Crippen LogP contribution is 2.26. The van der Waals surface area contributed by atoms with Crippen LogP contribution in [0.5, 0.6) is 5.75 Å². The molecule has 7 nitrogen and oxygen atoms in total. The average Bonchev–Trinajstić information content (AvgIpc) is 2.64. The van der Waals surface area contributed by atoms with Gasteiger partial charge in [-0.05, 0) is 63.8 Å². The first-order valence-corrected chi connectivity index (χ1v) is 10.0. The summed E-state index contributed by atoms with van der Waals surface area (Å²) in [5, 5.41) is 20.4. The number of benzene rings is 1. The highest BCUT2D eigenvalue weighted by Gasteiger charge is 2.21. The third kappa shape index (κ3) is 7.36. The van der Waals surface area contributed by atoms with E-state index in [0.717, 1.165) is 23.2 Å². The van der Waals surface area contributed by atoms with E-state index in [4.69, 9.17) is 9.47 Å². The molecule has 0 aliphatic rings. The Morgan fingerprint density at radius 2 is 1.97 bits per heavy atom. The number of carbonyl (C=O) groups excluding carboxylic acids is 1. The summed E-state index contributed by atoms with van der Waals surface area (Å²) in [6, 6.07) is 9.27. The molecule has 2 aromatic rings. The van der Waals surface area contributed by atoms with Crippen molar-refractivity contribution in [1.82, 2.24) is 15.5 Å². The number of nitrogens with zero attached hydrogens (tertiary/aromatic N) is 3. The van der Waals surface area contributed by atoms with Crippen molar-refractivity contribution in [1.29, 1.82) is 5.26 Å². The standard InChI is InChI=1S/C23H30N4O3/c1-15(2)9-20(26-22(28)30-23(4,5)6)14-29-21-8-7-17(11-18(21)12-24)19-10-16(3)27-25-13-19/h7-8,10-11,13,15,20H,9,14H2,1-6H3,(H,26,28). The number of alkyl carbamates (subject to hydrolysis) is 1. The van der Waals surface area contributed by atoms with Gasteiger partial charge in [-0.2, -0.15) is 15.5 Å². The van der Waals surface area contributed by atoms with Gasteiger partial charge in [-0.1, -0.05) is 19.9 Å². The molecular formula is C23H30N4O3.